The van der Waals surface area contributed by atoms with Crippen LogP contribution in [0.4, 0.5) is 0 Å². The highest BCUT2D eigenvalue weighted by Gasteiger charge is 2.16. The van der Waals surface area contributed by atoms with Crippen LogP contribution in [0.3, 0.4) is 0 Å². The van der Waals surface area contributed by atoms with Gasteiger partial charge in [0.05, 0.1) is 36.6 Å². The van der Waals surface area contributed by atoms with Crippen LogP contribution in [0, 0.1) is 11.3 Å². The number of methoxy groups -OCH3 is 1. The predicted molar refractivity (Wildman–Crippen MR) is 119 cm³/mol. The van der Waals surface area contributed by atoms with Crippen LogP contribution in [0.2, 0.25) is 0 Å². The molecular weight excluding hydrogens is 392 g/mol. The Balaban J connectivity index is 1.84. The lowest BCUT2D eigenvalue weighted by Gasteiger charge is -2.13. The summed E-state index contributed by atoms with van der Waals surface area (Å²) >= 11 is 0. The Kier molecular flexibility index (Phi) is 5.67. The number of nitrogens with zero attached hydrogens (tertiary/aromatic N) is 2. The molecule has 1 N–H and O–H groups in total. The molecule has 0 radical (unpaired) electrons. The van der Waals surface area contributed by atoms with E-state index < -0.39 is 5.97 Å². The first-order chi connectivity index (χ1) is 15.1. The van der Waals surface area contributed by atoms with Crippen molar-refractivity contribution < 1.29 is 19.4 Å². The number of hydrogen-bond donors (Lipinski definition) is 1. The highest BCUT2D eigenvalue weighted by Crippen LogP contribution is 2.35. The predicted octanol–water partition coefficient (Wildman–Crippen LogP) is 5.44. The first-order valence-corrected chi connectivity index (χ1v) is 9.86. The van der Waals surface area contributed by atoms with E-state index in [1.807, 2.05) is 42.5 Å². The number of carboxylic acids is 1. The van der Waals surface area contributed by atoms with E-state index in [-0.39, 0.29) is 5.56 Å². The standard InChI is InChI=1S/C25H20N2O4/c1-30-22-11-9-17(14-23(22)31-13-5-4-12-26)21-15-19(25(28)29)24-18-7-3-2-6-16(18)8-10-20(24)27-21/h2-3,6-11,14-15H,4-5,13H2,1H3,(H,28,29). The molecule has 0 aliphatic rings. The molecule has 0 unspecified atom stereocenters. The first-order valence-electron chi connectivity index (χ1n) is 9.86. The second kappa shape index (κ2) is 8.72. The van der Waals surface area contributed by atoms with Gasteiger partial charge in [0.25, 0.3) is 0 Å². The van der Waals surface area contributed by atoms with Gasteiger partial charge in [-0.2, -0.15) is 5.26 Å². The summed E-state index contributed by atoms with van der Waals surface area (Å²) in [6.45, 7) is 0.380. The fraction of sp³-hybridized carbons (Fsp3) is 0.160. The minimum atomic E-state index is -1.01. The summed E-state index contributed by atoms with van der Waals surface area (Å²) in [7, 11) is 1.55. The van der Waals surface area contributed by atoms with Gasteiger partial charge in [0, 0.05) is 17.4 Å². The SMILES string of the molecule is COc1ccc(-c2cc(C(=O)O)c3c(ccc4ccccc43)n2)cc1OCCCC#N. The largest absolute Gasteiger partial charge is 0.493 e. The number of pyridine rings is 1. The van der Waals surface area contributed by atoms with E-state index >= 15 is 0 Å². The Bertz CT molecular complexity index is 1320. The van der Waals surface area contributed by atoms with Crippen LogP contribution in [0.1, 0.15) is 23.2 Å². The third-order valence-corrected chi connectivity index (χ3v) is 5.08. The molecule has 3 aromatic carbocycles. The highest BCUT2D eigenvalue weighted by atomic mass is 16.5. The lowest BCUT2D eigenvalue weighted by Crippen LogP contribution is -2.02. The van der Waals surface area contributed by atoms with Crippen LogP contribution in [-0.4, -0.2) is 29.8 Å². The molecular formula is C25H20N2O4. The van der Waals surface area contributed by atoms with E-state index in [4.69, 9.17) is 19.7 Å². The minimum Gasteiger partial charge on any atom is -0.493 e. The Morgan fingerprint density at radius 3 is 2.71 bits per heavy atom. The molecule has 1 aromatic heterocycles. The molecule has 0 saturated heterocycles. The molecule has 0 spiro atoms. The number of unbranched alkanes of at least 4 members (excludes halogenated alkanes) is 1. The molecule has 6 nitrogen and oxygen atoms in total. The minimum absolute atomic E-state index is 0.198. The number of carbonyl (C=O) groups is 1. The summed E-state index contributed by atoms with van der Waals surface area (Å²) in [4.78, 5) is 16.9. The smallest absolute Gasteiger partial charge is 0.336 e. The molecule has 0 fully saturated rings. The second-order valence-corrected chi connectivity index (χ2v) is 7.02. The highest BCUT2D eigenvalue weighted by molar-refractivity contribution is 6.15. The van der Waals surface area contributed by atoms with Gasteiger partial charge in [-0.15, -0.1) is 0 Å². The van der Waals surface area contributed by atoms with Crippen LogP contribution < -0.4 is 9.47 Å². The summed E-state index contributed by atoms with van der Waals surface area (Å²) in [5.74, 6) is 0.0765. The number of fused-ring (bicyclic) bond motifs is 3. The van der Waals surface area contributed by atoms with Crippen molar-refractivity contribution in [2.24, 2.45) is 0 Å². The molecule has 0 saturated carbocycles. The van der Waals surface area contributed by atoms with Gasteiger partial charge in [-0.05, 0) is 47.5 Å². The molecule has 0 aliphatic heterocycles. The monoisotopic (exact) mass is 412 g/mol. The molecule has 4 rings (SSSR count). The summed E-state index contributed by atoms with van der Waals surface area (Å²) in [6, 6.07) is 20.5. The number of rotatable bonds is 7. The van der Waals surface area contributed by atoms with Gasteiger partial charge in [0.1, 0.15) is 0 Å². The molecule has 1 heterocycles. The fourth-order valence-electron chi connectivity index (χ4n) is 3.61. The van der Waals surface area contributed by atoms with E-state index in [2.05, 4.69) is 6.07 Å². The van der Waals surface area contributed by atoms with Gasteiger partial charge >= 0.3 is 5.97 Å². The maximum Gasteiger partial charge on any atom is 0.336 e. The number of carboxylic acid groups (broad SMARTS) is 1. The Morgan fingerprint density at radius 1 is 1.10 bits per heavy atom. The number of benzene rings is 3. The number of hydrogen-bond acceptors (Lipinski definition) is 5. The summed E-state index contributed by atoms with van der Waals surface area (Å²) in [5.41, 5.74) is 2.06. The summed E-state index contributed by atoms with van der Waals surface area (Å²) < 4.78 is 11.2. The zero-order valence-electron chi connectivity index (χ0n) is 17.0. The Labute approximate surface area is 179 Å². The molecule has 154 valence electrons. The number of ether oxygens (including phenoxy) is 2. The second-order valence-electron chi connectivity index (χ2n) is 7.02. The number of aromatic carboxylic acids is 1. The third kappa shape index (κ3) is 3.99. The van der Waals surface area contributed by atoms with Gasteiger partial charge < -0.3 is 14.6 Å². The van der Waals surface area contributed by atoms with Crippen molar-refractivity contribution in [3.8, 4) is 28.8 Å². The first kappa shape index (κ1) is 20.2. The van der Waals surface area contributed by atoms with Crippen molar-refractivity contribution in [2.45, 2.75) is 12.8 Å². The quantitative estimate of drug-likeness (QED) is 0.321. The molecule has 6 heteroatoms. The number of aromatic nitrogens is 1. The van der Waals surface area contributed by atoms with Crippen molar-refractivity contribution in [2.75, 3.05) is 13.7 Å². The van der Waals surface area contributed by atoms with E-state index in [1.165, 1.54) is 0 Å². The van der Waals surface area contributed by atoms with Crippen molar-refractivity contribution in [3.05, 3.63) is 66.2 Å². The average molecular weight is 412 g/mol. The van der Waals surface area contributed by atoms with Gasteiger partial charge in [0.15, 0.2) is 11.5 Å². The lowest BCUT2D eigenvalue weighted by molar-refractivity contribution is 0.0699. The molecule has 4 aromatic rings. The third-order valence-electron chi connectivity index (χ3n) is 5.08. The van der Waals surface area contributed by atoms with Gasteiger partial charge in [-0.25, -0.2) is 9.78 Å². The Morgan fingerprint density at radius 2 is 1.94 bits per heavy atom. The van der Waals surface area contributed by atoms with Crippen molar-refractivity contribution in [1.82, 2.24) is 4.98 Å². The van der Waals surface area contributed by atoms with E-state index in [9.17, 15) is 9.90 Å². The zero-order valence-corrected chi connectivity index (χ0v) is 17.0. The molecule has 0 atom stereocenters. The van der Waals surface area contributed by atoms with Crippen LogP contribution in [0.5, 0.6) is 11.5 Å². The normalized spacial score (nSPS) is 10.7. The van der Waals surface area contributed by atoms with E-state index in [0.29, 0.717) is 53.1 Å². The molecule has 0 bridgehead atoms. The van der Waals surface area contributed by atoms with Crippen LogP contribution >= 0.6 is 0 Å². The summed E-state index contributed by atoms with van der Waals surface area (Å²) in [6.07, 6.45) is 1.01. The number of nitriles is 1. The van der Waals surface area contributed by atoms with Gasteiger partial charge in [0.2, 0.25) is 0 Å². The molecule has 0 amide bonds. The molecule has 31 heavy (non-hydrogen) atoms. The fourth-order valence-corrected chi connectivity index (χ4v) is 3.61. The van der Waals surface area contributed by atoms with Gasteiger partial charge in [-0.3, -0.25) is 0 Å². The van der Waals surface area contributed by atoms with Crippen LogP contribution in [0.25, 0.3) is 32.9 Å². The van der Waals surface area contributed by atoms with Crippen LogP contribution in [-0.2, 0) is 0 Å². The zero-order chi connectivity index (χ0) is 21.8. The van der Waals surface area contributed by atoms with Gasteiger partial charge in [-0.1, -0.05) is 30.3 Å². The Hall–Kier alpha value is -4.11. The lowest BCUT2D eigenvalue weighted by atomic mass is 9.98. The van der Waals surface area contributed by atoms with Crippen molar-refractivity contribution in [3.63, 3.8) is 0 Å². The topological polar surface area (TPSA) is 92.4 Å². The molecule has 0 aliphatic carbocycles. The average Bonchev–Trinajstić information content (AvgIpc) is 2.80. The summed E-state index contributed by atoms with van der Waals surface area (Å²) in [5, 5.41) is 21.1. The van der Waals surface area contributed by atoms with E-state index in [0.717, 1.165) is 10.8 Å². The van der Waals surface area contributed by atoms with E-state index in [1.54, 1.807) is 25.3 Å². The van der Waals surface area contributed by atoms with Crippen molar-refractivity contribution in [1.29, 1.82) is 5.26 Å². The van der Waals surface area contributed by atoms with Crippen molar-refractivity contribution >= 4 is 27.6 Å². The maximum absolute atomic E-state index is 12.1. The maximum atomic E-state index is 12.1. The van der Waals surface area contributed by atoms with Crippen LogP contribution in [0.15, 0.2) is 60.7 Å².